The number of hydrogen-bond donors (Lipinski definition) is 3. The summed E-state index contributed by atoms with van der Waals surface area (Å²) in [5, 5.41) is 15.1. The third-order valence-corrected chi connectivity index (χ3v) is 4.09. The normalized spacial score (nSPS) is 13.6. The first-order valence-corrected chi connectivity index (χ1v) is 8.48. The van der Waals surface area contributed by atoms with Crippen molar-refractivity contribution in [3.05, 3.63) is 70.9 Å². The van der Waals surface area contributed by atoms with E-state index in [2.05, 4.69) is 10.6 Å². The van der Waals surface area contributed by atoms with Gasteiger partial charge in [0.05, 0.1) is 13.2 Å². The molecule has 0 saturated heterocycles. The summed E-state index contributed by atoms with van der Waals surface area (Å²) in [4.78, 5) is 37.2. The monoisotopic (exact) mass is 385 g/mol. The van der Waals surface area contributed by atoms with Crippen molar-refractivity contribution in [2.45, 2.75) is 0 Å². The molecule has 0 fully saturated rings. The number of hydrogen-bond acceptors (Lipinski definition) is 5. The largest absolute Gasteiger partial charge is 0.395 e. The smallest absolute Gasteiger partial charge is 0.277 e. The molecule has 1 aliphatic rings. The Morgan fingerprint density at radius 2 is 1.78 bits per heavy atom. The number of aliphatic hydroxyl groups is 1. The highest BCUT2D eigenvalue weighted by molar-refractivity contribution is 6.30. The summed E-state index contributed by atoms with van der Waals surface area (Å²) in [7, 11) is 0. The topological polar surface area (TPSA) is 98.7 Å². The molecule has 7 nitrogen and oxygen atoms in total. The quantitative estimate of drug-likeness (QED) is 0.662. The maximum absolute atomic E-state index is 12.3. The second-order valence-corrected chi connectivity index (χ2v) is 6.18. The maximum atomic E-state index is 12.3. The van der Waals surface area contributed by atoms with Crippen molar-refractivity contribution < 1.29 is 19.5 Å². The standard InChI is InChI=1S/C19H16ClN3O4/c20-13-6-4-12(5-7-13)18(26)22-15-3-1-2-14(10-15)21-16-11-17(25)23(8-9-24)19(16)27/h1-7,10-11,21,24H,8-9H2,(H,22,26). The van der Waals surface area contributed by atoms with Crippen molar-refractivity contribution in [2.75, 3.05) is 23.8 Å². The summed E-state index contributed by atoms with van der Waals surface area (Å²) in [6, 6.07) is 13.2. The van der Waals surface area contributed by atoms with Gasteiger partial charge in [-0.3, -0.25) is 19.3 Å². The molecule has 27 heavy (non-hydrogen) atoms. The minimum atomic E-state index is -0.510. The van der Waals surface area contributed by atoms with Gasteiger partial charge in [0.15, 0.2) is 0 Å². The Hall–Kier alpha value is -3.16. The van der Waals surface area contributed by atoms with Gasteiger partial charge >= 0.3 is 0 Å². The zero-order valence-electron chi connectivity index (χ0n) is 14.1. The number of rotatable bonds is 6. The third-order valence-electron chi connectivity index (χ3n) is 3.84. The molecule has 8 heteroatoms. The number of aliphatic hydroxyl groups excluding tert-OH is 1. The Morgan fingerprint density at radius 3 is 2.48 bits per heavy atom. The number of nitrogens with one attached hydrogen (secondary N) is 2. The van der Waals surface area contributed by atoms with E-state index in [0.717, 1.165) is 4.90 Å². The van der Waals surface area contributed by atoms with Crippen LogP contribution in [0.2, 0.25) is 5.02 Å². The minimum Gasteiger partial charge on any atom is -0.395 e. The fraction of sp³-hybridized carbons (Fsp3) is 0.105. The van der Waals surface area contributed by atoms with Gasteiger partial charge in [0.1, 0.15) is 5.70 Å². The van der Waals surface area contributed by atoms with Gasteiger partial charge in [0.25, 0.3) is 17.7 Å². The van der Waals surface area contributed by atoms with E-state index in [-0.39, 0.29) is 24.8 Å². The van der Waals surface area contributed by atoms with Crippen LogP contribution < -0.4 is 10.6 Å². The number of halogens is 1. The molecule has 0 unspecified atom stereocenters. The Bertz CT molecular complexity index is 925. The van der Waals surface area contributed by atoms with Gasteiger partial charge in [-0.05, 0) is 42.5 Å². The van der Waals surface area contributed by atoms with Gasteiger partial charge in [-0.25, -0.2) is 0 Å². The number of nitrogens with zero attached hydrogens (tertiary/aromatic N) is 1. The second-order valence-electron chi connectivity index (χ2n) is 5.74. The summed E-state index contributed by atoms with van der Waals surface area (Å²) in [6.45, 7) is -0.360. The average molecular weight is 386 g/mol. The van der Waals surface area contributed by atoms with E-state index < -0.39 is 11.8 Å². The summed E-state index contributed by atoms with van der Waals surface area (Å²) in [5.74, 6) is -1.29. The van der Waals surface area contributed by atoms with Crippen LogP contribution >= 0.6 is 11.6 Å². The molecule has 0 aromatic heterocycles. The van der Waals surface area contributed by atoms with E-state index in [9.17, 15) is 14.4 Å². The zero-order valence-corrected chi connectivity index (χ0v) is 14.9. The SMILES string of the molecule is O=C(Nc1cccc(NC2=CC(=O)N(CCO)C2=O)c1)c1ccc(Cl)cc1. The van der Waals surface area contributed by atoms with E-state index in [4.69, 9.17) is 16.7 Å². The lowest BCUT2D eigenvalue weighted by atomic mass is 10.2. The zero-order chi connectivity index (χ0) is 19.4. The number of imide groups is 1. The Kier molecular flexibility index (Phi) is 5.54. The number of carbonyl (C=O) groups is 3. The third kappa shape index (κ3) is 4.33. The van der Waals surface area contributed by atoms with Gasteiger partial charge in [-0.15, -0.1) is 0 Å². The molecule has 0 atom stereocenters. The molecular weight excluding hydrogens is 370 g/mol. The lowest BCUT2D eigenvalue weighted by Crippen LogP contribution is -2.34. The molecular formula is C19H16ClN3O4. The molecule has 1 heterocycles. The number of carbonyl (C=O) groups excluding carboxylic acids is 3. The molecule has 0 spiro atoms. The molecule has 2 aromatic carbocycles. The maximum Gasteiger partial charge on any atom is 0.277 e. The van der Waals surface area contributed by atoms with Crippen LogP contribution in [0.15, 0.2) is 60.3 Å². The van der Waals surface area contributed by atoms with Crippen LogP contribution in [0.25, 0.3) is 0 Å². The first-order valence-electron chi connectivity index (χ1n) is 8.10. The van der Waals surface area contributed by atoms with Crippen LogP contribution in [-0.4, -0.2) is 40.9 Å². The molecule has 138 valence electrons. The molecule has 3 amide bonds. The van der Waals surface area contributed by atoms with Crippen molar-refractivity contribution in [3.63, 3.8) is 0 Å². The van der Waals surface area contributed by atoms with Gasteiger partial charge in [0, 0.05) is 28.0 Å². The fourth-order valence-electron chi connectivity index (χ4n) is 2.54. The highest BCUT2D eigenvalue weighted by Gasteiger charge is 2.30. The lowest BCUT2D eigenvalue weighted by Gasteiger charge is -2.14. The van der Waals surface area contributed by atoms with Crippen LogP contribution in [0.3, 0.4) is 0 Å². The molecule has 2 aromatic rings. The van der Waals surface area contributed by atoms with Crippen LogP contribution in [0.5, 0.6) is 0 Å². The first kappa shape index (κ1) is 18.6. The Morgan fingerprint density at radius 1 is 1.07 bits per heavy atom. The van der Waals surface area contributed by atoms with Crippen LogP contribution in [0.4, 0.5) is 11.4 Å². The van der Waals surface area contributed by atoms with E-state index in [1.165, 1.54) is 6.08 Å². The molecule has 3 rings (SSSR count). The highest BCUT2D eigenvalue weighted by atomic mass is 35.5. The van der Waals surface area contributed by atoms with Crippen molar-refractivity contribution in [2.24, 2.45) is 0 Å². The van der Waals surface area contributed by atoms with Gasteiger partial charge in [-0.1, -0.05) is 17.7 Å². The summed E-state index contributed by atoms with van der Waals surface area (Å²) in [6.07, 6.45) is 1.18. The molecule has 0 saturated carbocycles. The fourth-order valence-corrected chi connectivity index (χ4v) is 2.67. The molecule has 0 radical (unpaired) electrons. The highest BCUT2D eigenvalue weighted by Crippen LogP contribution is 2.21. The number of benzene rings is 2. The van der Waals surface area contributed by atoms with Crippen LogP contribution in [0.1, 0.15) is 10.4 Å². The van der Waals surface area contributed by atoms with E-state index in [1.54, 1.807) is 48.5 Å². The molecule has 1 aliphatic heterocycles. The number of amides is 3. The van der Waals surface area contributed by atoms with Crippen LogP contribution in [-0.2, 0) is 9.59 Å². The van der Waals surface area contributed by atoms with Crippen molar-refractivity contribution in [1.82, 2.24) is 4.90 Å². The predicted octanol–water partition coefficient (Wildman–Crippen LogP) is 2.25. The number of anilines is 2. The van der Waals surface area contributed by atoms with E-state index >= 15 is 0 Å². The Balaban J connectivity index is 1.70. The predicted molar refractivity (Wildman–Crippen MR) is 101 cm³/mol. The molecule has 3 N–H and O–H groups in total. The summed E-state index contributed by atoms with van der Waals surface area (Å²) >= 11 is 5.82. The average Bonchev–Trinajstić information content (AvgIpc) is 2.90. The molecule has 0 bridgehead atoms. The van der Waals surface area contributed by atoms with Crippen molar-refractivity contribution in [3.8, 4) is 0 Å². The second kappa shape index (κ2) is 8.03. The van der Waals surface area contributed by atoms with E-state index in [1.807, 2.05) is 0 Å². The first-order chi connectivity index (χ1) is 13.0. The van der Waals surface area contributed by atoms with Gasteiger partial charge < -0.3 is 15.7 Å². The molecule has 0 aliphatic carbocycles. The number of β-amino-alcohol motifs (C(OH)–C–C–N with tert-alkyl or cyclic N) is 1. The van der Waals surface area contributed by atoms with Crippen molar-refractivity contribution >= 4 is 40.7 Å². The van der Waals surface area contributed by atoms with E-state index in [0.29, 0.717) is 22.0 Å². The Labute approximate surface area is 160 Å². The minimum absolute atomic E-state index is 0.0590. The van der Waals surface area contributed by atoms with Gasteiger partial charge in [-0.2, -0.15) is 0 Å². The lowest BCUT2D eigenvalue weighted by molar-refractivity contribution is -0.137. The van der Waals surface area contributed by atoms with Crippen molar-refractivity contribution in [1.29, 1.82) is 0 Å². The van der Waals surface area contributed by atoms with Crippen LogP contribution in [0, 0.1) is 0 Å². The summed E-state index contributed by atoms with van der Waals surface area (Å²) < 4.78 is 0. The van der Waals surface area contributed by atoms with Gasteiger partial charge in [0.2, 0.25) is 0 Å². The summed E-state index contributed by atoms with van der Waals surface area (Å²) in [5.41, 5.74) is 1.61.